The Balaban J connectivity index is 1.70. The van der Waals surface area contributed by atoms with Crippen LogP contribution in [0.15, 0.2) is 24.3 Å². The van der Waals surface area contributed by atoms with Crippen LogP contribution in [0.2, 0.25) is 5.02 Å². The number of halogens is 1. The molecule has 3 atom stereocenters. The summed E-state index contributed by atoms with van der Waals surface area (Å²) in [5.74, 6) is 2.16. The smallest absolute Gasteiger partial charge is 0.138 e. The summed E-state index contributed by atoms with van der Waals surface area (Å²) < 4.78 is 5.56. The Morgan fingerprint density at radius 1 is 1.24 bits per heavy atom. The number of aliphatic hydroxyl groups excluding tert-OH is 1. The second kappa shape index (κ2) is 8.02. The second-order valence-corrected chi connectivity index (χ2v) is 6.83. The molecule has 0 heterocycles. The first-order valence-corrected chi connectivity index (χ1v) is 8.21. The van der Waals surface area contributed by atoms with Gasteiger partial charge in [-0.1, -0.05) is 37.6 Å². The van der Waals surface area contributed by atoms with Crippen LogP contribution in [0.3, 0.4) is 0 Å². The van der Waals surface area contributed by atoms with Crippen molar-refractivity contribution < 1.29 is 9.84 Å². The summed E-state index contributed by atoms with van der Waals surface area (Å²) in [6, 6.07) is 7.84. The molecule has 3 unspecified atom stereocenters. The number of benzene rings is 1. The van der Waals surface area contributed by atoms with E-state index in [2.05, 4.69) is 19.2 Å². The summed E-state index contributed by atoms with van der Waals surface area (Å²) in [5.41, 5.74) is 0. The zero-order valence-corrected chi connectivity index (χ0v) is 13.6. The molecule has 0 amide bonds. The van der Waals surface area contributed by atoms with E-state index in [-0.39, 0.29) is 6.61 Å². The fourth-order valence-electron chi connectivity index (χ4n) is 3.22. The first kappa shape index (κ1) is 16.6. The summed E-state index contributed by atoms with van der Waals surface area (Å²) in [7, 11) is 0. The van der Waals surface area contributed by atoms with Crippen molar-refractivity contribution in [1.29, 1.82) is 0 Å². The number of ether oxygens (including phenoxy) is 1. The van der Waals surface area contributed by atoms with Crippen molar-refractivity contribution in [1.82, 2.24) is 5.32 Å². The molecule has 2 N–H and O–H groups in total. The molecule has 0 aromatic heterocycles. The molecule has 4 heteroatoms. The van der Waals surface area contributed by atoms with Gasteiger partial charge in [0.15, 0.2) is 0 Å². The van der Waals surface area contributed by atoms with E-state index in [4.69, 9.17) is 16.3 Å². The minimum absolute atomic E-state index is 0.258. The van der Waals surface area contributed by atoms with E-state index >= 15 is 0 Å². The van der Waals surface area contributed by atoms with Crippen LogP contribution in [0, 0.1) is 11.8 Å². The van der Waals surface area contributed by atoms with Gasteiger partial charge in [0.1, 0.15) is 18.5 Å². The van der Waals surface area contributed by atoms with Crippen LogP contribution >= 0.6 is 11.6 Å². The van der Waals surface area contributed by atoms with Gasteiger partial charge in [-0.15, -0.1) is 0 Å². The number of para-hydroxylation sites is 1. The van der Waals surface area contributed by atoms with E-state index < -0.39 is 6.10 Å². The Bertz CT molecular complexity index is 431. The lowest BCUT2D eigenvalue weighted by Crippen LogP contribution is -2.41. The number of hydrogen-bond acceptors (Lipinski definition) is 3. The van der Waals surface area contributed by atoms with Crippen molar-refractivity contribution in [2.75, 3.05) is 13.2 Å². The molecule has 3 nitrogen and oxygen atoms in total. The zero-order valence-electron chi connectivity index (χ0n) is 12.9. The molecule has 1 aromatic rings. The first-order chi connectivity index (χ1) is 10.0. The fraction of sp³-hybridized carbons (Fsp3) is 0.647. The van der Waals surface area contributed by atoms with Gasteiger partial charge >= 0.3 is 0 Å². The van der Waals surface area contributed by atoms with Gasteiger partial charge in [-0.3, -0.25) is 0 Å². The Morgan fingerprint density at radius 3 is 2.57 bits per heavy atom. The van der Waals surface area contributed by atoms with Crippen LogP contribution in [0.5, 0.6) is 5.75 Å². The van der Waals surface area contributed by atoms with Crippen LogP contribution in [-0.2, 0) is 0 Å². The molecule has 21 heavy (non-hydrogen) atoms. The number of hydrogen-bond donors (Lipinski definition) is 2. The van der Waals surface area contributed by atoms with E-state index in [9.17, 15) is 5.11 Å². The average Bonchev–Trinajstić information content (AvgIpc) is 2.43. The van der Waals surface area contributed by atoms with E-state index in [1.165, 1.54) is 19.3 Å². The van der Waals surface area contributed by atoms with E-state index in [1.807, 2.05) is 18.2 Å². The highest BCUT2D eigenvalue weighted by atomic mass is 35.5. The third-order valence-electron chi connectivity index (χ3n) is 4.09. The highest BCUT2D eigenvalue weighted by molar-refractivity contribution is 6.32. The second-order valence-electron chi connectivity index (χ2n) is 6.42. The van der Waals surface area contributed by atoms with Gasteiger partial charge in [0.2, 0.25) is 0 Å². The monoisotopic (exact) mass is 311 g/mol. The molecular weight excluding hydrogens is 286 g/mol. The summed E-state index contributed by atoms with van der Waals surface area (Å²) in [6.45, 7) is 5.44. The summed E-state index contributed by atoms with van der Waals surface area (Å²) in [5, 5.41) is 14.1. The van der Waals surface area contributed by atoms with Crippen molar-refractivity contribution in [3.63, 3.8) is 0 Å². The van der Waals surface area contributed by atoms with Crippen molar-refractivity contribution in [3.8, 4) is 5.75 Å². The summed E-state index contributed by atoms with van der Waals surface area (Å²) in [6.07, 6.45) is 3.19. The summed E-state index contributed by atoms with van der Waals surface area (Å²) >= 11 is 6.02. The van der Waals surface area contributed by atoms with Gasteiger partial charge in [-0.2, -0.15) is 0 Å². The van der Waals surface area contributed by atoms with E-state index in [0.29, 0.717) is 23.4 Å². The predicted molar refractivity (Wildman–Crippen MR) is 86.9 cm³/mol. The molecular formula is C17H26ClNO2. The van der Waals surface area contributed by atoms with Gasteiger partial charge in [0, 0.05) is 12.6 Å². The minimum atomic E-state index is -0.520. The molecule has 1 aliphatic rings. The molecule has 2 rings (SSSR count). The van der Waals surface area contributed by atoms with Crippen LogP contribution in [-0.4, -0.2) is 30.4 Å². The van der Waals surface area contributed by atoms with Crippen LogP contribution in [0.25, 0.3) is 0 Å². The van der Waals surface area contributed by atoms with Gasteiger partial charge in [-0.25, -0.2) is 0 Å². The first-order valence-electron chi connectivity index (χ1n) is 7.83. The fourth-order valence-corrected chi connectivity index (χ4v) is 3.41. The quantitative estimate of drug-likeness (QED) is 0.845. The normalized spacial score (nSPS) is 27.3. The average molecular weight is 312 g/mol. The highest BCUT2D eigenvalue weighted by Crippen LogP contribution is 2.28. The largest absolute Gasteiger partial charge is 0.489 e. The molecule has 0 aliphatic heterocycles. The Hall–Kier alpha value is -0.770. The lowest BCUT2D eigenvalue weighted by atomic mass is 9.80. The van der Waals surface area contributed by atoms with Crippen molar-refractivity contribution in [3.05, 3.63) is 29.3 Å². The van der Waals surface area contributed by atoms with Crippen molar-refractivity contribution >= 4 is 11.6 Å². The molecule has 1 aliphatic carbocycles. The Labute approximate surface area is 132 Å². The van der Waals surface area contributed by atoms with Crippen LogP contribution in [0.1, 0.15) is 33.1 Å². The molecule has 1 aromatic carbocycles. The summed E-state index contributed by atoms with van der Waals surface area (Å²) in [4.78, 5) is 0. The molecule has 0 spiro atoms. The van der Waals surface area contributed by atoms with Crippen molar-refractivity contribution in [2.24, 2.45) is 11.8 Å². The van der Waals surface area contributed by atoms with Gasteiger partial charge in [0.25, 0.3) is 0 Å². The Morgan fingerprint density at radius 2 is 1.90 bits per heavy atom. The molecule has 0 saturated heterocycles. The topological polar surface area (TPSA) is 41.5 Å². The maximum absolute atomic E-state index is 10.0. The molecule has 1 fully saturated rings. The van der Waals surface area contributed by atoms with Crippen LogP contribution in [0.4, 0.5) is 0 Å². The standard InChI is InChI=1S/C17H26ClNO2/c1-12-7-13(2)9-14(8-12)19-10-15(20)11-21-17-6-4-3-5-16(17)18/h3-6,12-15,19-20H,7-11H2,1-2H3. The van der Waals surface area contributed by atoms with Gasteiger partial charge in [0.05, 0.1) is 5.02 Å². The van der Waals surface area contributed by atoms with Crippen LogP contribution < -0.4 is 10.1 Å². The number of aliphatic hydroxyl groups is 1. The maximum Gasteiger partial charge on any atom is 0.138 e. The van der Waals surface area contributed by atoms with Gasteiger partial charge < -0.3 is 15.2 Å². The third kappa shape index (κ3) is 5.50. The SMILES string of the molecule is CC1CC(C)CC(NCC(O)COc2ccccc2Cl)C1. The lowest BCUT2D eigenvalue weighted by Gasteiger charge is -2.32. The molecule has 0 radical (unpaired) electrons. The van der Waals surface area contributed by atoms with Gasteiger partial charge in [-0.05, 0) is 43.2 Å². The highest BCUT2D eigenvalue weighted by Gasteiger charge is 2.23. The molecule has 118 valence electrons. The number of rotatable bonds is 6. The Kier molecular flexibility index (Phi) is 6.34. The maximum atomic E-state index is 10.0. The molecule has 0 bridgehead atoms. The number of nitrogens with one attached hydrogen (secondary N) is 1. The third-order valence-corrected chi connectivity index (χ3v) is 4.40. The lowest BCUT2D eigenvalue weighted by molar-refractivity contribution is 0.0984. The van der Waals surface area contributed by atoms with E-state index in [0.717, 1.165) is 11.8 Å². The van der Waals surface area contributed by atoms with E-state index in [1.54, 1.807) is 6.07 Å². The molecule has 1 saturated carbocycles. The zero-order chi connectivity index (χ0) is 15.2. The minimum Gasteiger partial charge on any atom is -0.489 e. The van der Waals surface area contributed by atoms with Crippen molar-refractivity contribution in [2.45, 2.75) is 45.3 Å². The predicted octanol–water partition coefficient (Wildman–Crippen LogP) is 3.49.